The minimum absolute atomic E-state index is 0.204. The van der Waals surface area contributed by atoms with Crippen molar-refractivity contribution in [2.24, 2.45) is 0 Å². The van der Waals surface area contributed by atoms with Gasteiger partial charge in [-0.15, -0.1) is 6.58 Å². The molecule has 0 aliphatic carbocycles. The molecule has 0 heterocycles. The summed E-state index contributed by atoms with van der Waals surface area (Å²) in [6.07, 6.45) is 1.06. The minimum atomic E-state index is -1.21. The molecule has 0 aliphatic heterocycles. The van der Waals surface area contributed by atoms with E-state index in [-0.39, 0.29) is 18.7 Å². The molecule has 1 aromatic carbocycles. The van der Waals surface area contributed by atoms with Gasteiger partial charge in [0.2, 0.25) is 5.91 Å². The first kappa shape index (κ1) is 15.8. The molecule has 0 saturated carbocycles. The van der Waals surface area contributed by atoms with Crippen molar-refractivity contribution < 1.29 is 23.5 Å². The maximum atomic E-state index is 13.3. The lowest BCUT2D eigenvalue weighted by Crippen LogP contribution is -2.39. The number of carbonyl (C=O) groups is 2. The van der Waals surface area contributed by atoms with Crippen molar-refractivity contribution in [3.8, 4) is 0 Å². The second-order valence-electron chi connectivity index (χ2n) is 3.96. The molecular weight excluding hydrogens is 270 g/mol. The third kappa shape index (κ3) is 4.77. The van der Waals surface area contributed by atoms with Gasteiger partial charge in [0.15, 0.2) is 0 Å². The Labute approximate surface area is 114 Å². The number of anilines is 1. The van der Waals surface area contributed by atoms with Crippen molar-refractivity contribution in [2.45, 2.75) is 12.5 Å². The molecule has 3 N–H and O–H groups in total. The number of benzene rings is 1. The number of hydrogen-bond donors (Lipinski definition) is 3. The Morgan fingerprint density at radius 1 is 1.40 bits per heavy atom. The average molecular weight is 284 g/mol. The SMILES string of the molecule is C=CCNC(CC(=O)Nc1ccc(F)cc1F)C(=O)O. The monoisotopic (exact) mass is 284 g/mol. The van der Waals surface area contributed by atoms with Gasteiger partial charge in [-0.1, -0.05) is 6.08 Å². The fourth-order valence-electron chi connectivity index (χ4n) is 1.45. The molecule has 0 aliphatic rings. The van der Waals surface area contributed by atoms with Gasteiger partial charge in [-0.05, 0) is 12.1 Å². The molecule has 1 unspecified atom stereocenters. The Hall–Kier alpha value is -2.28. The predicted molar refractivity (Wildman–Crippen MR) is 69.2 cm³/mol. The smallest absolute Gasteiger partial charge is 0.321 e. The van der Waals surface area contributed by atoms with Crippen molar-refractivity contribution in [1.29, 1.82) is 0 Å². The van der Waals surface area contributed by atoms with Crippen LogP contribution in [-0.2, 0) is 9.59 Å². The van der Waals surface area contributed by atoms with Gasteiger partial charge in [-0.3, -0.25) is 9.59 Å². The molecule has 108 valence electrons. The van der Waals surface area contributed by atoms with E-state index in [2.05, 4.69) is 17.2 Å². The Morgan fingerprint density at radius 2 is 2.10 bits per heavy atom. The van der Waals surface area contributed by atoms with Gasteiger partial charge in [0.1, 0.15) is 17.7 Å². The normalized spacial score (nSPS) is 11.7. The van der Waals surface area contributed by atoms with E-state index in [1.54, 1.807) is 0 Å². The molecule has 0 radical (unpaired) electrons. The highest BCUT2D eigenvalue weighted by molar-refractivity contribution is 5.94. The van der Waals surface area contributed by atoms with Gasteiger partial charge < -0.3 is 15.7 Å². The van der Waals surface area contributed by atoms with E-state index in [0.29, 0.717) is 6.07 Å². The number of carbonyl (C=O) groups excluding carboxylic acids is 1. The van der Waals surface area contributed by atoms with Gasteiger partial charge in [-0.2, -0.15) is 0 Å². The summed E-state index contributed by atoms with van der Waals surface area (Å²) in [5.41, 5.74) is -0.204. The molecule has 0 spiro atoms. The molecular formula is C13H14F2N2O3. The zero-order valence-electron chi connectivity index (χ0n) is 10.5. The van der Waals surface area contributed by atoms with Gasteiger partial charge in [0.25, 0.3) is 0 Å². The van der Waals surface area contributed by atoms with Gasteiger partial charge >= 0.3 is 5.97 Å². The highest BCUT2D eigenvalue weighted by Crippen LogP contribution is 2.15. The number of nitrogens with one attached hydrogen (secondary N) is 2. The van der Waals surface area contributed by atoms with Crippen LogP contribution in [0.5, 0.6) is 0 Å². The molecule has 0 aromatic heterocycles. The fourth-order valence-corrected chi connectivity index (χ4v) is 1.45. The van der Waals surface area contributed by atoms with Crippen LogP contribution < -0.4 is 10.6 Å². The number of amides is 1. The van der Waals surface area contributed by atoms with E-state index in [4.69, 9.17) is 5.11 Å². The first-order chi connectivity index (χ1) is 9.43. The Kier molecular flexibility index (Phi) is 5.79. The number of carboxylic acids is 1. The van der Waals surface area contributed by atoms with Crippen molar-refractivity contribution in [1.82, 2.24) is 5.32 Å². The van der Waals surface area contributed by atoms with Crippen LogP contribution >= 0.6 is 0 Å². The summed E-state index contributed by atoms with van der Waals surface area (Å²) in [4.78, 5) is 22.5. The van der Waals surface area contributed by atoms with E-state index in [1.165, 1.54) is 6.08 Å². The van der Waals surface area contributed by atoms with E-state index in [0.717, 1.165) is 12.1 Å². The van der Waals surface area contributed by atoms with Crippen LogP contribution in [0.3, 0.4) is 0 Å². The summed E-state index contributed by atoms with van der Waals surface area (Å²) >= 11 is 0. The lowest BCUT2D eigenvalue weighted by molar-refractivity contribution is -0.140. The third-order valence-corrected chi connectivity index (χ3v) is 2.40. The zero-order valence-corrected chi connectivity index (χ0v) is 10.5. The summed E-state index contributed by atoms with van der Waals surface area (Å²) in [7, 11) is 0. The summed E-state index contributed by atoms with van der Waals surface area (Å²) in [6, 6.07) is 1.57. The molecule has 5 nitrogen and oxygen atoms in total. The molecule has 20 heavy (non-hydrogen) atoms. The number of hydrogen-bond acceptors (Lipinski definition) is 3. The summed E-state index contributed by atoms with van der Waals surface area (Å²) < 4.78 is 26.0. The topological polar surface area (TPSA) is 78.4 Å². The average Bonchev–Trinajstić information content (AvgIpc) is 2.37. The predicted octanol–water partition coefficient (Wildman–Crippen LogP) is 1.52. The summed E-state index contributed by atoms with van der Waals surface area (Å²) in [6.45, 7) is 3.64. The van der Waals surface area contributed by atoms with E-state index in [1.807, 2.05) is 0 Å². The van der Waals surface area contributed by atoms with Crippen LogP contribution in [-0.4, -0.2) is 29.6 Å². The highest BCUT2D eigenvalue weighted by Gasteiger charge is 2.20. The first-order valence-electron chi connectivity index (χ1n) is 5.76. The molecule has 1 rings (SSSR count). The number of halogens is 2. The minimum Gasteiger partial charge on any atom is -0.480 e. The fraction of sp³-hybridized carbons (Fsp3) is 0.231. The highest BCUT2D eigenvalue weighted by atomic mass is 19.1. The molecule has 1 aromatic rings. The summed E-state index contributed by atoms with van der Waals surface area (Å²) in [5.74, 6) is -3.60. The molecule has 7 heteroatoms. The quantitative estimate of drug-likeness (QED) is 0.663. The number of carboxylic acid groups (broad SMARTS) is 1. The lowest BCUT2D eigenvalue weighted by atomic mass is 10.2. The molecule has 0 fully saturated rings. The van der Waals surface area contributed by atoms with Crippen LogP contribution in [0, 0.1) is 11.6 Å². The van der Waals surface area contributed by atoms with Crippen molar-refractivity contribution >= 4 is 17.6 Å². The first-order valence-corrected chi connectivity index (χ1v) is 5.76. The second-order valence-corrected chi connectivity index (χ2v) is 3.96. The van der Waals surface area contributed by atoms with E-state index < -0.39 is 29.6 Å². The van der Waals surface area contributed by atoms with Crippen LogP contribution in [0.4, 0.5) is 14.5 Å². The Balaban J connectivity index is 2.65. The lowest BCUT2D eigenvalue weighted by Gasteiger charge is -2.13. The second kappa shape index (κ2) is 7.34. The summed E-state index contributed by atoms with van der Waals surface area (Å²) in [5, 5.41) is 13.7. The van der Waals surface area contributed by atoms with Gasteiger partial charge in [0.05, 0.1) is 12.1 Å². The maximum Gasteiger partial charge on any atom is 0.321 e. The molecule has 0 bridgehead atoms. The van der Waals surface area contributed by atoms with Crippen molar-refractivity contribution in [2.75, 3.05) is 11.9 Å². The Morgan fingerprint density at radius 3 is 2.65 bits per heavy atom. The maximum absolute atomic E-state index is 13.3. The van der Waals surface area contributed by atoms with Crippen molar-refractivity contribution in [3.05, 3.63) is 42.5 Å². The van der Waals surface area contributed by atoms with Crippen LogP contribution in [0.1, 0.15) is 6.42 Å². The third-order valence-electron chi connectivity index (χ3n) is 2.40. The molecule has 0 saturated heterocycles. The largest absolute Gasteiger partial charge is 0.480 e. The number of rotatable bonds is 7. The molecule has 1 atom stereocenters. The van der Waals surface area contributed by atoms with E-state index in [9.17, 15) is 18.4 Å². The molecule has 1 amide bonds. The number of aliphatic carboxylic acids is 1. The van der Waals surface area contributed by atoms with Gasteiger partial charge in [0, 0.05) is 12.6 Å². The van der Waals surface area contributed by atoms with Crippen LogP contribution in [0.2, 0.25) is 0 Å². The van der Waals surface area contributed by atoms with Gasteiger partial charge in [-0.25, -0.2) is 8.78 Å². The van der Waals surface area contributed by atoms with Crippen molar-refractivity contribution in [3.63, 3.8) is 0 Å². The Bertz CT molecular complexity index is 520. The van der Waals surface area contributed by atoms with Crippen LogP contribution in [0.15, 0.2) is 30.9 Å². The standard InChI is InChI=1S/C13H14F2N2O3/c1-2-5-16-11(13(19)20)7-12(18)17-10-4-3-8(14)6-9(10)15/h2-4,6,11,16H,1,5,7H2,(H,17,18)(H,19,20). The van der Waals surface area contributed by atoms with E-state index >= 15 is 0 Å². The van der Waals surface area contributed by atoms with Crippen LogP contribution in [0.25, 0.3) is 0 Å². The zero-order chi connectivity index (χ0) is 15.1.